The summed E-state index contributed by atoms with van der Waals surface area (Å²) in [6, 6.07) is 5.06. The number of aromatic nitrogens is 2. The van der Waals surface area contributed by atoms with Gasteiger partial charge in [-0.05, 0) is 56.3 Å². The number of likely N-dealkylation sites (tertiary alicyclic amines) is 1. The average molecular weight is 374 g/mol. The Hall–Kier alpha value is -1.08. The number of halogens is 2. The first-order chi connectivity index (χ1) is 11.1. The maximum Gasteiger partial charge on any atom is 0.288 e. The molecule has 0 aliphatic carbocycles. The number of ether oxygens (including phenoxy) is 1. The number of rotatable bonds is 5. The Morgan fingerprint density at radius 3 is 2.74 bits per heavy atom. The highest BCUT2D eigenvalue weighted by Crippen LogP contribution is 2.28. The van der Waals surface area contributed by atoms with Gasteiger partial charge >= 0.3 is 0 Å². The first-order valence-electron chi connectivity index (χ1n) is 7.49. The molecule has 0 bridgehead atoms. The van der Waals surface area contributed by atoms with E-state index in [9.17, 15) is 0 Å². The molecule has 124 valence electrons. The van der Waals surface area contributed by atoms with E-state index in [4.69, 9.17) is 44.6 Å². The smallest absolute Gasteiger partial charge is 0.288 e. The van der Waals surface area contributed by atoms with Gasteiger partial charge in [0.15, 0.2) is 6.61 Å². The van der Waals surface area contributed by atoms with Crippen molar-refractivity contribution >= 4 is 35.4 Å². The zero-order chi connectivity index (χ0) is 16.2. The standard InChI is InChI=1S/C15H17Cl2N3O2S/c16-11-4-5-13(12(17)8-11)21-9-14-18-20(15(23)22-14)10-19-6-2-1-3-7-19/h4-5,8H,1-3,6-7,9-10H2. The topological polar surface area (TPSA) is 43.4 Å². The summed E-state index contributed by atoms with van der Waals surface area (Å²) in [4.78, 5) is 2.68. The molecule has 23 heavy (non-hydrogen) atoms. The Bertz CT molecular complexity index is 726. The molecule has 1 aromatic carbocycles. The lowest BCUT2D eigenvalue weighted by Gasteiger charge is -2.25. The highest BCUT2D eigenvalue weighted by molar-refractivity contribution is 7.71. The number of piperidine rings is 1. The zero-order valence-electron chi connectivity index (χ0n) is 12.5. The molecular weight excluding hydrogens is 357 g/mol. The second-order valence-electron chi connectivity index (χ2n) is 5.44. The first-order valence-corrected chi connectivity index (χ1v) is 8.65. The SMILES string of the molecule is S=c1oc(COc2ccc(Cl)cc2Cl)nn1CN1CCCCC1. The molecule has 8 heteroatoms. The minimum atomic E-state index is 0.165. The molecule has 1 aromatic heterocycles. The average Bonchev–Trinajstić information content (AvgIpc) is 2.87. The van der Waals surface area contributed by atoms with Crippen LogP contribution in [-0.2, 0) is 13.3 Å². The van der Waals surface area contributed by atoms with Crippen LogP contribution in [-0.4, -0.2) is 27.8 Å². The van der Waals surface area contributed by atoms with Crippen molar-refractivity contribution in [1.82, 2.24) is 14.7 Å². The molecular formula is C15H17Cl2N3O2S. The Morgan fingerprint density at radius 2 is 2.00 bits per heavy atom. The van der Waals surface area contributed by atoms with Crippen LogP contribution in [0.1, 0.15) is 25.2 Å². The highest BCUT2D eigenvalue weighted by atomic mass is 35.5. The third-order valence-corrected chi connectivity index (χ3v) is 4.50. The minimum absolute atomic E-state index is 0.165. The summed E-state index contributed by atoms with van der Waals surface area (Å²) in [6.45, 7) is 2.96. The van der Waals surface area contributed by atoms with Crippen molar-refractivity contribution in [3.05, 3.63) is 39.0 Å². The van der Waals surface area contributed by atoms with Crippen molar-refractivity contribution in [3.63, 3.8) is 0 Å². The summed E-state index contributed by atoms with van der Waals surface area (Å²) in [7, 11) is 0. The molecule has 1 fully saturated rings. The molecule has 2 aromatic rings. The van der Waals surface area contributed by atoms with E-state index in [1.165, 1.54) is 19.3 Å². The number of hydrogen-bond acceptors (Lipinski definition) is 5. The van der Waals surface area contributed by atoms with Crippen molar-refractivity contribution in [2.45, 2.75) is 32.5 Å². The Balaban J connectivity index is 1.62. The molecule has 0 amide bonds. The minimum Gasteiger partial charge on any atom is -0.482 e. The molecule has 0 radical (unpaired) electrons. The van der Waals surface area contributed by atoms with Gasteiger partial charge in [-0.15, -0.1) is 5.10 Å². The monoisotopic (exact) mass is 373 g/mol. The predicted octanol–water partition coefficient (Wildman–Crippen LogP) is 4.53. The van der Waals surface area contributed by atoms with Gasteiger partial charge < -0.3 is 9.15 Å². The summed E-state index contributed by atoms with van der Waals surface area (Å²) in [5.74, 6) is 0.959. The van der Waals surface area contributed by atoms with E-state index in [1.54, 1.807) is 22.9 Å². The molecule has 5 nitrogen and oxygen atoms in total. The van der Waals surface area contributed by atoms with Gasteiger partial charge in [0.25, 0.3) is 10.7 Å². The molecule has 1 aliphatic rings. The molecule has 3 rings (SSSR count). The van der Waals surface area contributed by atoms with E-state index in [0.717, 1.165) is 13.1 Å². The van der Waals surface area contributed by atoms with Crippen molar-refractivity contribution in [2.24, 2.45) is 0 Å². The lowest BCUT2D eigenvalue weighted by atomic mass is 10.1. The maximum atomic E-state index is 6.07. The van der Waals surface area contributed by atoms with Gasteiger partial charge in [0.1, 0.15) is 5.75 Å². The van der Waals surface area contributed by atoms with Crippen LogP contribution < -0.4 is 4.74 Å². The highest BCUT2D eigenvalue weighted by Gasteiger charge is 2.14. The summed E-state index contributed by atoms with van der Waals surface area (Å²) in [5.41, 5.74) is 0. The van der Waals surface area contributed by atoms with Gasteiger partial charge in [0.05, 0.1) is 11.7 Å². The summed E-state index contributed by atoms with van der Waals surface area (Å²) in [6.07, 6.45) is 3.73. The van der Waals surface area contributed by atoms with E-state index in [-0.39, 0.29) is 6.61 Å². The number of benzene rings is 1. The normalized spacial score (nSPS) is 15.7. The molecule has 2 heterocycles. The third-order valence-electron chi connectivity index (χ3n) is 3.68. The number of nitrogens with zero attached hydrogens (tertiary/aromatic N) is 3. The van der Waals surface area contributed by atoms with Crippen LogP contribution in [0.4, 0.5) is 0 Å². The lowest BCUT2D eigenvalue weighted by molar-refractivity contribution is 0.170. The van der Waals surface area contributed by atoms with Crippen LogP contribution in [0.15, 0.2) is 22.6 Å². The second kappa shape index (κ2) is 7.66. The molecule has 0 unspecified atom stereocenters. The van der Waals surface area contributed by atoms with E-state index in [0.29, 0.717) is 33.2 Å². The van der Waals surface area contributed by atoms with Gasteiger partial charge in [-0.2, -0.15) is 0 Å². The van der Waals surface area contributed by atoms with E-state index >= 15 is 0 Å². The largest absolute Gasteiger partial charge is 0.482 e. The van der Waals surface area contributed by atoms with E-state index in [1.807, 2.05) is 0 Å². The molecule has 0 atom stereocenters. The van der Waals surface area contributed by atoms with Crippen molar-refractivity contribution in [3.8, 4) is 5.75 Å². The van der Waals surface area contributed by atoms with Crippen LogP contribution in [0, 0.1) is 4.84 Å². The summed E-state index contributed by atoms with van der Waals surface area (Å²) >= 11 is 17.1. The lowest BCUT2D eigenvalue weighted by Crippen LogP contribution is -2.32. The Labute approximate surface area is 149 Å². The van der Waals surface area contributed by atoms with Gasteiger partial charge in [0.2, 0.25) is 0 Å². The molecule has 0 spiro atoms. The van der Waals surface area contributed by atoms with Crippen LogP contribution in [0.3, 0.4) is 0 Å². The maximum absolute atomic E-state index is 6.07. The Morgan fingerprint density at radius 1 is 1.22 bits per heavy atom. The zero-order valence-corrected chi connectivity index (χ0v) is 14.8. The molecule has 1 saturated heterocycles. The first kappa shape index (κ1) is 16.8. The quantitative estimate of drug-likeness (QED) is 0.720. The van der Waals surface area contributed by atoms with Crippen LogP contribution in [0.25, 0.3) is 0 Å². The van der Waals surface area contributed by atoms with Crippen LogP contribution in [0.2, 0.25) is 10.0 Å². The molecule has 0 saturated carbocycles. The van der Waals surface area contributed by atoms with E-state index in [2.05, 4.69) is 10.00 Å². The van der Waals surface area contributed by atoms with Gasteiger partial charge in [-0.3, -0.25) is 4.90 Å². The van der Waals surface area contributed by atoms with Crippen molar-refractivity contribution in [1.29, 1.82) is 0 Å². The molecule has 0 N–H and O–H groups in total. The van der Waals surface area contributed by atoms with Crippen molar-refractivity contribution in [2.75, 3.05) is 13.1 Å². The number of hydrogen-bond donors (Lipinski definition) is 0. The van der Waals surface area contributed by atoms with Crippen LogP contribution >= 0.6 is 35.4 Å². The second-order valence-corrected chi connectivity index (χ2v) is 6.64. The fourth-order valence-electron chi connectivity index (χ4n) is 2.52. The molecule has 1 aliphatic heterocycles. The van der Waals surface area contributed by atoms with Gasteiger partial charge in [-0.1, -0.05) is 29.6 Å². The fraction of sp³-hybridized carbons (Fsp3) is 0.467. The van der Waals surface area contributed by atoms with Gasteiger partial charge in [0, 0.05) is 5.02 Å². The fourth-order valence-corrected chi connectivity index (χ4v) is 3.18. The predicted molar refractivity (Wildman–Crippen MR) is 91.5 cm³/mol. The Kier molecular flexibility index (Phi) is 5.58. The third kappa shape index (κ3) is 4.47. The van der Waals surface area contributed by atoms with Crippen molar-refractivity contribution < 1.29 is 9.15 Å². The van der Waals surface area contributed by atoms with Crippen LogP contribution in [0.5, 0.6) is 5.75 Å². The summed E-state index contributed by atoms with van der Waals surface area (Å²) in [5, 5.41) is 5.39. The summed E-state index contributed by atoms with van der Waals surface area (Å²) < 4.78 is 12.8. The van der Waals surface area contributed by atoms with Gasteiger partial charge in [-0.25, -0.2) is 4.68 Å². The van der Waals surface area contributed by atoms with E-state index < -0.39 is 0 Å².